The Morgan fingerprint density at radius 3 is 2.31 bits per heavy atom. The van der Waals surface area contributed by atoms with Gasteiger partial charge in [0, 0.05) is 37.7 Å². The molecule has 0 amide bonds. The van der Waals surface area contributed by atoms with Gasteiger partial charge in [-0.3, -0.25) is 0 Å². The zero-order chi connectivity index (χ0) is 11.8. The summed E-state index contributed by atoms with van der Waals surface area (Å²) in [4.78, 5) is 8.68. The molecule has 1 aromatic heterocycles. The fourth-order valence-electron chi connectivity index (χ4n) is 1.46. The van der Waals surface area contributed by atoms with Crippen molar-refractivity contribution in [3.05, 3.63) is 5.82 Å². The Morgan fingerprint density at radius 2 is 1.81 bits per heavy atom. The summed E-state index contributed by atoms with van der Waals surface area (Å²) in [5.41, 5.74) is 0. The number of piperazine rings is 1. The van der Waals surface area contributed by atoms with Crippen LogP contribution in [0, 0.1) is 0 Å². The van der Waals surface area contributed by atoms with Gasteiger partial charge in [-0.05, 0) is 7.05 Å². The highest BCUT2D eigenvalue weighted by Gasteiger charge is 2.29. The number of rotatable bonds is 1. The molecule has 1 aliphatic rings. The largest absolute Gasteiger partial charge is 0.344 e. The predicted octanol–water partition coefficient (Wildman–Crippen LogP) is 2.12. The Morgan fingerprint density at radius 1 is 1.19 bits per heavy atom. The lowest BCUT2D eigenvalue weighted by Crippen LogP contribution is -2.44. The minimum atomic E-state index is -1.53. The molecular weight excluding hydrogens is 291 g/mol. The lowest BCUT2D eigenvalue weighted by molar-refractivity contribution is 0.312. The van der Waals surface area contributed by atoms with E-state index >= 15 is 0 Å². The topological polar surface area (TPSA) is 32.3 Å². The Bertz CT molecular complexity index is 356. The van der Waals surface area contributed by atoms with Crippen LogP contribution in [0.1, 0.15) is 5.82 Å². The quantitative estimate of drug-likeness (QED) is 0.744. The van der Waals surface area contributed by atoms with Crippen LogP contribution in [0.4, 0.5) is 5.13 Å². The second-order valence-corrected chi connectivity index (χ2v) is 6.70. The molecule has 0 N–H and O–H groups in total. The fourth-order valence-corrected chi connectivity index (χ4v) is 2.63. The number of nitrogens with zero attached hydrogens (tertiary/aromatic N) is 4. The van der Waals surface area contributed by atoms with E-state index in [9.17, 15) is 0 Å². The Hall–Kier alpha value is 0.190. The summed E-state index contributed by atoms with van der Waals surface area (Å²) in [5.74, 6) is 0.261. The summed E-state index contributed by atoms with van der Waals surface area (Å²) in [6.07, 6.45) is 0. The first-order chi connectivity index (χ1) is 7.47. The number of hydrogen-bond acceptors (Lipinski definition) is 5. The molecule has 2 rings (SSSR count). The molecule has 4 nitrogen and oxygen atoms in total. The van der Waals surface area contributed by atoms with Crippen LogP contribution in [0.5, 0.6) is 0 Å². The molecule has 2 heterocycles. The van der Waals surface area contributed by atoms with Gasteiger partial charge in [-0.1, -0.05) is 34.8 Å². The Balaban J connectivity index is 2.08. The molecule has 0 bridgehead atoms. The molecule has 8 heteroatoms. The van der Waals surface area contributed by atoms with E-state index in [0.29, 0.717) is 0 Å². The van der Waals surface area contributed by atoms with Gasteiger partial charge in [0.2, 0.25) is 5.13 Å². The van der Waals surface area contributed by atoms with E-state index in [1.807, 2.05) is 0 Å². The third-order valence-electron chi connectivity index (χ3n) is 2.44. The van der Waals surface area contributed by atoms with Crippen molar-refractivity contribution in [1.29, 1.82) is 0 Å². The van der Waals surface area contributed by atoms with Crippen molar-refractivity contribution in [3.63, 3.8) is 0 Å². The highest BCUT2D eigenvalue weighted by molar-refractivity contribution is 7.09. The Labute approximate surface area is 113 Å². The van der Waals surface area contributed by atoms with Gasteiger partial charge < -0.3 is 9.80 Å². The van der Waals surface area contributed by atoms with Crippen molar-refractivity contribution in [3.8, 4) is 0 Å². The first-order valence-corrected chi connectivity index (χ1v) is 6.72. The molecule has 16 heavy (non-hydrogen) atoms. The van der Waals surface area contributed by atoms with E-state index in [0.717, 1.165) is 31.3 Å². The van der Waals surface area contributed by atoms with Crippen LogP contribution in [0.15, 0.2) is 0 Å². The molecule has 90 valence electrons. The van der Waals surface area contributed by atoms with Crippen LogP contribution in [0.25, 0.3) is 0 Å². The summed E-state index contributed by atoms with van der Waals surface area (Å²) < 4.78 is 2.53. The number of alkyl halides is 3. The van der Waals surface area contributed by atoms with E-state index in [-0.39, 0.29) is 5.82 Å². The Kier molecular flexibility index (Phi) is 3.81. The highest BCUT2D eigenvalue weighted by Crippen LogP contribution is 2.38. The number of hydrogen-bond donors (Lipinski definition) is 0. The van der Waals surface area contributed by atoms with Crippen molar-refractivity contribution in [2.24, 2.45) is 0 Å². The smallest absolute Gasteiger partial charge is 0.251 e. The van der Waals surface area contributed by atoms with Gasteiger partial charge in [-0.2, -0.15) is 9.36 Å². The second-order valence-electron chi connectivity index (χ2n) is 3.69. The van der Waals surface area contributed by atoms with Crippen LogP contribution < -0.4 is 4.90 Å². The standard InChI is InChI=1S/C8H11Cl3N4S/c1-14-2-4-15(5-3-14)7-12-6(13-16-7)8(9,10)11/h2-5H2,1H3. The molecule has 0 aromatic carbocycles. The lowest BCUT2D eigenvalue weighted by atomic mass is 10.3. The molecule has 0 unspecified atom stereocenters. The third kappa shape index (κ3) is 2.90. The van der Waals surface area contributed by atoms with Crippen LogP contribution in [-0.2, 0) is 3.79 Å². The molecule has 1 aliphatic heterocycles. The molecule has 0 atom stereocenters. The summed E-state index contributed by atoms with van der Waals surface area (Å²) >= 11 is 18.4. The van der Waals surface area contributed by atoms with Gasteiger partial charge in [-0.15, -0.1) is 0 Å². The first kappa shape index (κ1) is 12.6. The third-order valence-corrected chi connectivity index (χ3v) is 3.73. The maximum Gasteiger partial charge on any atom is 0.251 e. The molecule has 0 aliphatic carbocycles. The SMILES string of the molecule is CN1CCN(c2nc(C(Cl)(Cl)Cl)ns2)CC1. The number of halogens is 3. The summed E-state index contributed by atoms with van der Waals surface area (Å²) in [5, 5.41) is 0.828. The monoisotopic (exact) mass is 300 g/mol. The summed E-state index contributed by atoms with van der Waals surface area (Å²) in [7, 11) is 2.10. The number of aromatic nitrogens is 2. The van der Waals surface area contributed by atoms with Gasteiger partial charge in [-0.25, -0.2) is 0 Å². The first-order valence-electron chi connectivity index (χ1n) is 4.81. The summed E-state index contributed by atoms with van der Waals surface area (Å²) in [6.45, 7) is 3.90. The van der Waals surface area contributed by atoms with Crippen molar-refractivity contribution in [2.75, 3.05) is 38.1 Å². The van der Waals surface area contributed by atoms with Gasteiger partial charge >= 0.3 is 0 Å². The van der Waals surface area contributed by atoms with Crippen molar-refractivity contribution < 1.29 is 0 Å². The van der Waals surface area contributed by atoms with Crippen LogP contribution in [0.3, 0.4) is 0 Å². The fraction of sp³-hybridized carbons (Fsp3) is 0.750. The van der Waals surface area contributed by atoms with Gasteiger partial charge in [0.15, 0.2) is 5.82 Å². The van der Waals surface area contributed by atoms with E-state index in [1.54, 1.807) is 0 Å². The van der Waals surface area contributed by atoms with Crippen molar-refractivity contribution in [1.82, 2.24) is 14.3 Å². The second kappa shape index (κ2) is 4.82. The van der Waals surface area contributed by atoms with Gasteiger partial charge in [0.05, 0.1) is 0 Å². The maximum absolute atomic E-state index is 5.72. The average molecular weight is 302 g/mol. The average Bonchev–Trinajstić information content (AvgIpc) is 2.67. The van der Waals surface area contributed by atoms with Crippen molar-refractivity contribution in [2.45, 2.75) is 3.79 Å². The van der Waals surface area contributed by atoms with E-state index < -0.39 is 3.79 Å². The minimum Gasteiger partial charge on any atom is -0.344 e. The van der Waals surface area contributed by atoms with Gasteiger partial charge in [0.1, 0.15) is 0 Å². The molecule has 1 fully saturated rings. The zero-order valence-electron chi connectivity index (χ0n) is 8.66. The molecule has 0 spiro atoms. The normalized spacial score (nSPS) is 19.1. The molecule has 1 aromatic rings. The zero-order valence-corrected chi connectivity index (χ0v) is 11.7. The highest BCUT2D eigenvalue weighted by atomic mass is 35.6. The van der Waals surface area contributed by atoms with Crippen LogP contribution in [0.2, 0.25) is 0 Å². The van der Waals surface area contributed by atoms with Gasteiger partial charge in [0.25, 0.3) is 3.79 Å². The number of anilines is 1. The van der Waals surface area contributed by atoms with Crippen LogP contribution >= 0.6 is 46.3 Å². The number of likely N-dealkylation sites (N-methyl/N-ethyl adjacent to an activating group) is 1. The molecule has 0 radical (unpaired) electrons. The molecule has 1 saturated heterocycles. The maximum atomic E-state index is 5.72. The summed E-state index contributed by atoms with van der Waals surface area (Å²) in [6, 6.07) is 0. The van der Waals surface area contributed by atoms with Crippen LogP contribution in [-0.4, -0.2) is 47.5 Å². The lowest BCUT2D eigenvalue weighted by Gasteiger charge is -2.31. The molecule has 0 saturated carbocycles. The van der Waals surface area contributed by atoms with E-state index in [2.05, 4.69) is 26.2 Å². The van der Waals surface area contributed by atoms with E-state index in [1.165, 1.54) is 11.5 Å². The predicted molar refractivity (Wildman–Crippen MR) is 68.9 cm³/mol. The van der Waals surface area contributed by atoms with Crippen molar-refractivity contribution >= 4 is 51.5 Å². The molecular formula is C8H11Cl3N4S. The van der Waals surface area contributed by atoms with E-state index in [4.69, 9.17) is 34.8 Å². The minimum absolute atomic E-state index is 0.261.